The SMILES string of the molecule is CC(C)CN(Cc1cccc(C#N)c1)CC1CCCN1. The Morgan fingerprint density at radius 2 is 2.30 bits per heavy atom. The van der Waals surface area contributed by atoms with Crippen molar-refractivity contribution in [3.05, 3.63) is 35.4 Å². The molecule has 1 fully saturated rings. The lowest BCUT2D eigenvalue weighted by atomic mass is 10.1. The molecule has 2 rings (SSSR count). The summed E-state index contributed by atoms with van der Waals surface area (Å²) in [5.74, 6) is 0.663. The highest BCUT2D eigenvalue weighted by molar-refractivity contribution is 5.32. The van der Waals surface area contributed by atoms with Crippen LogP contribution < -0.4 is 5.32 Å². The van der Waals surface area contributed by atoms with E-state index in [9.17, 15) is 0 Å². The standard InChI is InChI=1S/C17H25N3/c1-14(2)11-20(13-17-7-4-8-19-17)12-16-6-3-5-15(9-16)10-18/h3,5-6,9,14,17,19H,4,7-8,11-13H2,1-2H3. The van der Waals surface area contributed by atoms with E-state index >= 15 is 0 Å². The van der Waals surface area contributed by atoms with E-state index in [-0.39, 0.29) is 0 Å². The summed E-state index contributed by atoms with van der Waals surface area (Å²) in [4.78, 5) is 2.52. The van der Waals surface area contributed by atoms with E-state index in [1.807, 2.05) is 18.2 Å². The zero-order chi connectivity index (χ0) is 14.4. The van der Waals surface area contributed by atoms with Gasteiger partial charge in [0.05, 0.1) is 11.6 Å². The van der Waals surface area contributed by atoms with Crippen molar-refractivity contribution in [1.29, 1.82) is 5.26 Å². The molecule has 0 aliphatic carbocycles. The van der Waals surface area contributed by atoms with Crippen LogP contribution in [0.4, 0.5) is 0 Å². The Labute approximate surface area is 122 Å². The van der Waals surface area contributed by atoms with Crippen molar-refractivity contribution in [3.63, 3.8) is 0 Å². The molecule has 0 bridgehead atoms. The van der Waals surface area contributed by atoms with Crippen LogP contribution in [0.15, 0.2) is 24.3 Å². The monoisotopic (exact) mass is 271 g/mol. The normalized spacial score (nSPS) is 18.6. The molecule has 0 spiro atoms. The lowest BCUT2D eigenvalue weighted by molar-refractivity contribution is 0.216. The van der Waals surface area contributed by atoms with Gasteiger partial charge in [0.15, 0.2) is 0 Å². The van der Waals surface area contributed by atoms with Crippen molar-refractivity contribution in [2.75, 3.05) is 19.6 Å². The van der Waals surface area contributed by atoms with Crippen molar-refractivity contribution in [2.45, 2.75) is 39.3 Å². The van der Waals surface area contributed by atoms with Crippen LogP contribution >= 0.6 is 0 Å². The molecular weight excluding hydrogens is 246 g/mol. The Morgan fingerprint density at radius 3 is 2.95 bits per heavy atom. The van der Waals surface area contributed by atoms with Crippen LogP contribution in [0.3, 0.4) is 0 Å². The molecule has 1 aliphatic rings. The summed E-state index contributed by atoms with van der Waals surface area (Å²) < 4.78 is 0. The smallest absolute Gasteiger partial charge is 0.0991 e. The molecule has 108 valence electrons. The van der Waals surface area contributed by atoms with Gasteiger partial charge in [0.25, 0.3) is 0 Å². The van der Waals surface area contributed by atoms with Crippen molar-refractivity contribution < 1.29 is 0 Å². The van der Waals surface area contributed by atoms with Crippen LogP contribution in [0.1, 0.15) is 37.8 Å². The van der Waals surface area contributed by atoms with Gasteiger partial charge < -0.3 is 5.32 Å². The van der Waals surface area contributed by atoms with E-state index in [2.05, 4.69) is 36.2 Å². The molecule has 3 nitrogen and oxygen atoms in total. The summed E-state index contributed by atoms with van der Waals surface area (Å²) in [6.45, 7) is 8.83. The van der Waals surface area contributed by atoms with Gasteiger partial charge in [-0.3, -0.25) is 4.90 Å². The first kappa shape index (κ1) is 15.0. The van der Waals surface area contributed by atoms with Gasteiger partial charge in [0.2, 0.25) is 0 Å². The maximum absolute atomic E-state index is 9.00. The zero-order valence-electron chi connectivity index (χ0n) is 12.6. The van der Waals surface area contributed by atoms with Crippen LogP contribution in [0.2, 0.25) is 0 Å². The largest absolute Gasteiger partial charge is 0.313 e. The minimum Gasteiger partial charge on any atom is -0.313 e. The summed E-state index contributed by atoms with van der Waals surface area (Å²) in [6, 6.07) is 10.8. The van der Waals surface area contributed by atoms with E-state index in [0.717, 1.165) is 31.7 Å². The van der Waals surface area contributed by atoms with Crippen LogP contribution in [0, 0.1) is 17.2 Å². The number of hydrogen-bond donors (Lipinski definition) is 1. The number of nitrogens with zero attached hydrogens (tertiary/aromatic N) is 2. The van der Waals surface area contributed by atoms with Gasteiger partial charge >= 0.3 is 0 Å². The first-order chi connectivity index (χ1) is 9.67. The molecule has 3 heteroatoms. The first-order valence-electron chi connectivity index (χ1n) is 7.62. The van der Waals surface area contributed by atoms with Gasteiger partial charge in [-0.25, -0.2) is 0 Å². The molecule has 0 saturated carbocycles. The van der Waals surface area contributed by atoms with Crippen LogP contribution in [0.25, 0.3) is 0 Å². The zero-order valence-corrected chi connectivity index (χ0v) is 12.6. The molecular formula is C17H25N3. The number of benzene rings is 1. The molecule has 1 heterocycles. The fourth-order valence-electron chi connectivity index (χ4n) is 2.94. The summed E-state index contributed by atoms with van der Waals surface area (Å²) in [7, 11) is 0. The van der Waals surface area contributed by atoms with Crippen molar-refractivity contribution in [1.82, 2.24) is 10.2 Å². The number of nitriles is 1. The predicted molar refractivity (Wildman–Crippen MR) is 82.3 cm³/mol. The number of nitrogens with one attached hydrogen (secondary N) is 1. The molecule has 0 radical (unpaired) electrons. The van der Waals surface area contributed by atoms with E-state index in [1.165, 1.54) is 18.4 Å². The van der Waals surface area contributed by atoms with Gasteiger partial charge in [-0.05, 0) is 43.0 Å². The highest BCUT2D eigenvalue weighted by Gasteiger charge is 2.18. The summed E-state index contributed by atoms with van der Waals surface area (Å²) in [5.41, 5.74) is 1.99. The minimum absolute atomic E-state index is 0.632. The molecule has 1 aromatic rings. The Bertz CT molecular complexity index is 456. The van der Waals surface area contributed by atoms with Gasteiger partial charge in [-0.15, -0.1) is 0 Å². The second kappa shape index (κ2) is 7.42. The third-order valence-electron chi connectivity index (χ3n) is 3.73. The quantitative estimate of drug-likeness (QED) is 0.864. The molecule has 1 unspecified atom stereocenters. The predicted octanol–water partition coefficient (Wildman–Crippen LogP) is 2.77. The fraction of sp³-hybridized carbons (Fsp3) is 0.588. The second-order valence-electron chi connectivity index (χ2n) is 6.19. The second-order valence-corrected chi connectivity index (χ2v) is 6.19. The van der Waals surface area contributed by atoms with Gasteiger partial charge in [0.1, 0.15) is 0 Å². The average Bonchev–Trinajstić information content (AvgIpc) is 2.91. The van der Waals surface area contributed by atoms with Gasteiger partial charge in [-0.1, -0.05) is 26.0 Å². The molecule has 20 heavy (non-hydrogen) atoms. The van der Waals surface area contributed by atoms with Gasteiger partial charge in [-0.2, -0.15) is 5.26 Å². The van der Waals surface area contributed by atoms with Crippen LogP contribution in [-0.2, 0) is 6.54 Å². The lowest BCUT2D eigenvalue weighted by Gasteiger charge is -2.27. The summed E-state index contributed by atoms with van der Waals surface area (Å²) in [5, 5.41) is 12.6. The molecule has 0 aromatic heterocycles. The van der Waals surface area contributed by atoms with Crippen LogP contribution in [0.5, 0.6) is 0 Å². The van der Waals surface area contributed by atoms with E-state index in [1.54, 1.807) is 0 Å². The lowest BCUT2D eigenvalue weighted by Crippen LogP contribution is -2.38. The first-order valence-corrected chi connectivity index (χ1v) is 7.62. The van der Waals surface area contributed by atoms with Crippen LogP contribution in [-0.4, -0.2) is 30.6 Å². The summed E-state index contributed by atoms with van der Waals surface area (Å²) >= 11 is 0. The van der Waals surface area contributed by atoms with E-state index in [0.29, 0.717) is 12.0 Å². The number of hydrogen-bond acceptors (Lipinski definition) is 3. The van der Waals surface area contributed by atoms with Crippen molar-refractivity contribution in [2.24, 2.45) is 5.92 Å². The fourth-order valence-corrected chi connectivity index (χ4v) is 2.94. The molecule has 1 N–H and O–H groups in total. The maximum Gasteiger partial charge on any atom is 0.0991 e. The molecule has 1 saturated heterocycles. The molecule has 0 amide bonds. The van der Waals surface area contributed by atoms with Gasteiger partial charge in [0, 0.05) is 25.7 Å². The highest BCUT2D eigenvalue weighted by atomic mass is 15.2. The minimum atomic E-state index is 0.632. The Hall–Kier alpha value is -1.37. The Balaban J connectivity index is 2.00. The number of rotatable bonds is 6. The van der Waals surface area contributed by atoms with Crippen molar-refractivity contribution >= 4 is 0 Å². The summed E-state index contributed by atoms with van der Waals surface area (Å²) in [6.07, 6.45) is 2.58. The maximum atomic E-state index is 9.00. The topological polar surface area (TPSA) is 39.1 Å². The van der Waals surface area contributed by atoms with E-state index in [4.69, 9.17) is 5.26 Å². The molecule has 1 aliphatic heterocycles. The molecule has 1 aromatic carbocycles. The third kappa shape index (κ3) is 4.63. The van der Waals surface area contributed by atoms with Crippen molar-refractivity contribution in [3.8, 4) is 6.07 Å². The highest BCUT2D eigenvalue weighted by Crippen LogP contribution is 2.13. The average molecular weight is 271 g/mol. The third-order valence-corrected chi connectivity index (χ3v) is 3.73. The molecule has 1 atom stereocenters. The van der Waals surface area contributed by atoms with E-state index < -0.39 is 0 Å². The Kier molecular flexibility index (Phi) is 5.58. The Morgan fingerprint density at radius 1 is 1.45 bits per heavy atom.